The Labute approximate surface area is 231 Å². The number of ketones is 1. The van der Waals surface area contributed by atoms with E-state index in [1.807, 2.05) is 31.1 Å². The van der Waals surface area contributed by atoms with E-state index in [-0.39, 0.29) is 27.7 Å². The number of Topliss-reactive ketones (excluding diaryl/α,β-unsaturated/α-hetero) is 1. The van der Waals surface area contributed by atoms with Gasteiger partial charge in [0.2, 0.25) is 0 Å². The van der Waals surface area contributed by atoms with Gasteiger partial charge in [0, 0.05) is 31.5 Å². The summed E-state index contributed by atoms with van der Waals surface area (Å²) in [6.07, 6.45) is 0. The number of nitrogens with zero attached hydrogens (tertiary/aromatic N) is 2. The van der Waals surface area contributed by atoms with Crippen molar-refractivity contribution in [1.29, 1.82) is 0 Å². The predicted octanol–water partition coefficient (Wildman–Crippen LogP) is 5.07. The molecule has 1 saturated heterocycles. The number of methoxy groups -OCH3 is 4. The van der Waals surface area contributed by atoms with Gasteiger partial charge < -0.3 is 29.0 Å². The number of ether oxygens (including phenoxy) is 4. The topological polar surface area (TPSA) is 97.8 Å². The van der Waals surface area contributed by atoms with Crippen molar-refractivity contribution in [2.75, 3.05) is 52.3 Å². The van der Waals surface area contributed by atoms with Crippen LogP contribution in [0.1, 0.15) is 17.2 Å². The van der Waals surface area contributed by atoms with Crippen molar-refractivity contribution in [3.05, 3.63) is 76.3 Å². The number of hydrogen-bond acceptors (Lipinski definition) is 8. The van der Waals surface area contributed by atoms with Crippen LogP contribution in [0, 0.1) is 0 Å². The van der Waals surface area contributed by atoms with Crippen LogP contribution in [0.25, 0.3) is 5.76 Å². The fourth-order valence-electron chi connectivity index (χ4n) is 4.54. The zero-order valence-electron chi connectivity index (χ0n) is 22.4. The Kier molecular flexibility index (Phi) is 7.92. The molecule has 1 amide bonds. The van der Waals surface area contributed by atoms with Gasteiger partial charge in [0.1, 0.15) is 17.3 Å². The lowest BCUT2D eigenvalue weighted by molar-refractivity contribution is -0.132. The maximum atomic E-state index is 13.6. The molecule has 0 aromatic heterocycles. The summed E-state index contributed by atoms with van der Waals surface area (Å²) in [6.45, 7) is 0. The van der Waals surface area contributed by atoms with E-state index in [0.717, 1.165) is 5.69 Å². The third kappa shape index (κ3) is 4.93. The third-order valence-electron chi connectivity index (χ3n) is 6.54. The zero-order valence-corrected chi connectivity index (χ0v) is 23.2. The van der Waals surface area contributed by atoms with Gasteiger partial charge in [0.15, 0.2) is 11.5 Å². The maximum absolute atomic E-state index is 13.6. The van der Waals surface area contributed by atoms with Crippen molar-refractivity contribution in [2.24, 2.45) is 0 Å². The first kappa shape index (κ1) is 27.7. The van der Waals surface area contributed by atoms with E-state index >= 15 is 0 Å². The molecule has 0 radical (unpaired) electrons. The summed E-state index contributed by atoms with van der Waals surface area (Å²) in [7, 11) is 9.64. The molecular weight excluding hydrogens is 524 g/mol. The van der Waals surface area contributed by atoms with Crippen LogP contribution in [0.3, 0.4) is 0 Å². The van der Waals surface area contributed by atoms with E-state index in [1.165, 1.54) is 45.5 Å². The van der Waals surface area contributed by atoms with Crippen LogP contribution in [-0.4, -0.2) is 59.3 Å². The van der Waals surface area contributed by atoms with Crippen LogP contribution in [0.5, 0.6) is 23.0 Å². The number of amides is 1. The molecule has 1 fully saturated rings. The Bertz CT molecular complexity index is 1450. The first-order valence-electron chi connectivity index (χ1n) is 11.9. The molecule has 1 atom stereocenters. The number of halogens is 1. The molecule has 1 unspecified atom stereocenters. The molecule has 3 aromatic rings. The SMILES string of the molecule is COc1cc(/C(O)=C2\C(=O)C(=O)N(c3ccc(N(C)C)cc3)C2c2ccc(OC)c(OC)c2)c(OC)cc1Cl. The number of aliphatic hydroxyl groups excluding tert-OH is 1. The molecule has 0 spiro atoms. The number of carbonyl (C=O) groups excluding carboxylic acids is 2. The van der Waals surface area contributed by atoms with Gasteiger partial charge in [-0.25, -0.2) is 0 Å². The standard InChI is InChI=1S/C29H29ClN2O7/c1-31(2)17-8-10-18(11-9-17)32-26(16-7-12-21(36-3)24(13-16)39-6)25(28(34)29(32)35)27(33)19-14-23(38-5)20(30)15-22(19)37-4/h7-15,26,33H,1-6H3/b27-25+. The molecule has 0 saturated carbocycles. The Morgan fingerprint density at radius 1 is 0.821 bits per heavy atom. The lowest BCUT2D eigenvalue weighted by Gasteiger charge is -2.26. The smallest absolute Gasteiger partial charge is 0.300 e. The molecule has 0 aliphatic carbocycles. The lowest BCUT2D eigenvalue weighted by Crippen LogP contribution is -2.29. The number of rotatable bonds is 8. The van der Waals surface area contributed by atoms with E-state index in [4.69, 9.17) is 30.5 Å². The predicted molar refractivity (Wildman–Crippen MR) is 150 cm³/mol. The average Bonchev–Trinajstić information content (AvgIpc) is 3.21. The summed E-state index contributed by atoms with van der Waals surface area (Å²) in [6, 6.07) is 14.2. The van der Waals surface area contributed by atoms with Crippen LogP contribution in [0.2, 0.25) is 5.02 Å². The van der Waals surface area contributed by atoms with Crippen molar-refractivity contribution in [1.82, 2.24) is 0 Å². The van der Waals surface area contributed by atoms with Gasteiger partial charge in [-0.3, -0.25) is 14.5 Å². The quantitative estimate of drug-likeness (QED) is 0.235. The molecule has 3 aromatic carbocycles. The molecule has 10 heteroatoms. The highest BCUT2D eigenvalue weighted by Crippen LogP contribution is 2.46. The highest BCUT2D eigenvalue weighted by Gasteiger charge is 2.47. The number of aliphatic hydroxyl groups is 1. The van der Waals surface area contributed by atoms with Gasteiger partial charge in [-0.2, -0.15) is 0 Å². The third-order valence-corrected chi connectivity index (χ3v) is 6.84. The van der Waals surface area contributed by atoms with Crippen LogP contribution in [0.15, 0.2) is 60.2 Å². The second-order valence-corrected chi connectivity index (χ2v) is 9.29. The first-order chi connectivity index (χ1) is 18.7. The van der Waals surface area contributed by atoms with E-state index in [0.29, 0.717) is 22.7 Å². The van der Waals surface area contributed by atoms with Gasteiger partial charge in [-0.05, 0) is 48.0 Å². The molecular formula is C29H29ClN2O7. The van der Waals surface area contributed by atoms with Crippen molar-refractivity contribution >= 4 is 40.4 Å². The maximum Gasteiger partial charge on any atom is 0.300 e. The zero-order chi connectivity index (χ0) is 28.4. The number of carbonyl (C=O) groups is 2. The first-order valence-corrected chi connectivity index (χ1v) is 12.3. The largest absolute Gasteiger partial charge is 0.507 e. The van der Waals surface area contributed by atoms with Gasteiger partial charge in [0.25, 0.3) is 11.7 Å². The Hall–Kier alpha value is -4.37. The van der Waals surface area contributed by atoms with Gasteiger partial charge in [-0.1, -0.05) is 17.7 Å². The normalized spacial score (nSPS) is 16.3. The van der Waals surface area contributed by atoms with E-state index in [9.17, 15) is 14.7 Å². The van der Waals surface area contributed by atoms with Crippen LogP contribution in [-0.2, 0) is 9.59 Å². The molecule has 1 N–H and O–H groups in total. The summed E-state index contributed by atoms with van der Waals surface area (Å²) in [5, 5.41) is 11.9. The molecule has 1 aliphatic heterocycles. The van der Waals surface area contributed by atoms with E-state index < -0.39 is 23.5 Å². The molecule has 204 valence electrons. The van der Waals surface area contributed by atoms with E-state index in [1.54, 1.807) is 30.3 Å². The Balaban J connectivity index is 2.00. The van der Waals surface area contributed by atoms with E-state index in [2.05, 4.69) is 0 Å². The van der Waals surface area contributed by atoms with Crippen LogP contribution >= 0.6 is 11.6 Å². The fraction of sp³-hybridized carbons (Fsp3) is 0.241. The molecule has 1 heterocycles. The lowest BCUT2D eigenvalue weighted by atomic mass is 9.94. The number of anilines is 2. The minimum absolute atomic E-state index is 0.133. The molecule has 0 bridgehead atoms. The van der Waals surface area contributed by atoms with Crippen molar-refractivity contribution in [3.63, 3.8) is 0 Å². The number of hydrogen-bond donors (Lipinski definition) is 1. The summed E-state index contributed by atoms with van der Waals surface area (Å²) < 4.78 is 21.6. The Morgan fingerprint density at radius 3 is 2.00 bits per heavy atom. The van der Waals surface area contributed by atoms with Crippen molar-refractivity contribution in [2.45, 2.75) is 6.04 Å². The van der Waals surface area contributed by atoms with Gasteiger partial charge >= 0.3 is 0 Å². The summed E-state index contributed by atoms with van der Waals surface area (Å²) in [5.74, 6) is -0.769. The highest BCUT2D eigenvalue weighted by atomic mass is 35.5. The minimum atomic E-state index is -0.999. The summed E-state index contributed by atoms with van der Waals surface area (Å²) >= 11 is 6.26. The summed E-state index contributed by atoms with van der Waals surface area (Å²) in [5.41, 5.74) is 1.92. The summed E-state index contributed by atoms with van der Waals surface area (Å²) in [4.78, 5) is 30.4. The van der Waals surface area contributed by atoms with Crippen molar-refractivity contribution < 1.29 is 33.6 Å². The minimum Gasteiger partial charge on any atom is -0.507 e. The second-order valence-electron chi connectivity index (χ2n) is 8.88. The monoisotopic (exact) mass is 552 g/mol. The van der Waals surface area contributed by atoms with Crippen LogP contribution < -0.4 is 28.7 Å². The molecule has 9 nitrogen and oxygen atoms in total. The average molecular weight is 553 g/mol. The highest BCUT2D eigenvalue weighted by molar-refractivity contribution is 6.51. The second kappa shape index (κ2) is 11.2. The van der Waals surface area contributed by atoms with Gasteiger partial charge in [0.05, 0.1) is 50.6 Å². The molecule has 1 aliphatic rings. The number of benzene rings is 3. The Morgan fingerprint density at radius 2 is 1.44 bits per heavy atom. The van der Waals surface area contributed by atoms with Crippen LogP contribution in [0.4, 0.5) is 11.4 Å². The van der Waals surface area contributed by atoms with Gasteiger partial charge in [-0.15, -0.1) is 0 Å². The molecule has 39 heavy (non-hydrogen) atoms. The fourth-order valence-corrected chi connectivity index (χ4v) is 4.77. The molecule has 4 rings (SSSR count). The van der Waals surface area contributed by atoms with Crippen molar-refractivity contribution in [3.8, 4) is 23.0 Å².